The van der Waals surface area contributed by atoms with Gasteiger partial charge in [-0.3, -0.25) is 0 Å². The lowest BCUT2D eigenvalue weighted by atomic mass is 9.75. The largest absolute Gasteiger partial charge is 0.454 e. The Bertz CT molecular complexity index is 872. The number of nitrogens with one attached hydrogen (secondary N) is 1. The highest BCUT2D eigenvalue weighted by molar-refractivity contribution is 5.30. The molecule has 31 heavy (non-hydrogen) atoms. The van der Waals surface area contributed by atoms with E-state index in [-0.39, 0.29) is 12.0 Å². The highest BCUT2D eigenvalue weighted by atomic mass is 19.4. The summed E-state index contributed by atoms with van der Waals surface area (Å²) in [5, 5.41) is 3.11. The van der Waals surface area contributed by atoms with Gasteiger partial charge in [0.2, 0.25) is 5.95 Å². The van der Waals surface area contributed by atoms with E-state index >= 15 is 0 Å². The van der Waals surface area contributed by atoms with Crippen LogP contribution in [0.4, 0.5) is 19.1 Å². The quantitative estimate of drug-likeness (QED) is 0.624. The molecule has 2 saturated carbocycles. The van der Waals surface area contributed by atoms with Crippen LogP contribution in [-0.2, 0) is 13.0 Å². The number of fused-ring (bicyclic) bond motifs is 1. The first-order chi connectivity index (χ1) is 14.8. The summed E-state index contributed by atoms with van der Waals surface area (Å²) in [5.74, 6) is 2.84. The Morgan fingerprint density at radius 2 is 1.77 bits per heavy atom. The van der Waals surface area contributed by atoms with Gasteiger partial charge in [-0.05, 0) is 49.5 Å². The molecule has 1 N–H and O–H groups in total. The van der Waals surface area contributed by atoms with Crippen molar-refractivity contribution in [2.45, 2.75) is 64.6 Å². The van der Waals surface area contributed by atoms with Gasteiger partial charge in [0, 0.05) is 13.0 Å². The second-order valence-corrected chi connectivity index (χ2v) is 8.94. The lowest BCUT2D eigenvalue weighted by molar-refractivity contribution is -0.154. The predicted octanol–water partition coefficient (Wildman–Crippen LogP) is 5.49. The summed E-state index contributed by atoms with van der Waals surface area (Å²) in [4.78, 5) is 12.8. The van der Waals surface area contributed by atoms with Crippen LogP contribution < -0.4 is 10.1 Å². The van der Waals surface area contributed by atoms with Crippen molar-refractivity contribution in [3.8, 4) is 6.01 Å². The van der Waals surface area contributed by atoms with Gasteiger partial charge in [-0.1, -0.05) is 49.1 Å². The van der Waals surface area contributed by atoms with Gasteiger partial charge in [0.05, 0.1) is 0 Å². The number of rotatable bonds is 7. The van der Waals surface area contributed by atoms with Crippen LogP contribution in [-0.4, -0.2) is 27.7 Å². The number of aromatic nitrogens is 3. The first-order valence-electron chi connectivity index (χ1n) is 11.1. The fourth-order valence-electron chi connectivity index (χ4n) is 4.91. The SMILES string of the molecule is Cc1ccc(CNc2nc(CC3CCC4CCCC4C3)nc(OCC(F)(F)F)n2)cc1. The van der Waals surface area contributed by atoms with Crippen LogP contribution in [0.3, 0.4) is 0 Å². The Balaban J connectivity index is 1.46. The monoisotopic (exact) mass is 434 g/mol. The summed E-state index contributed by atoms with van der Waals surface area (Å²) < 4.78 is 42.7. The second kappa shape index (κ2) is 9.40. The van der Waals surface area contributed by atoms with Gasteiger partial charge in [0.25, 0.3) is 0 Å². The smallest absolute Gasteiger partial charge is 0.422 e. The van der Waals surface area contributed by atoms with E-state index in [0.29, 0.717) is 24.7 Å². The highest BCUT2D eigenvalue weighted by Crippen LogP contribution is 2.44. The summed E-state index contributed by atoms with van der Waals surface area (Å²) >= 11 is 0. The van der Waals surface area contributed by atoms with Gasteiger partial charge < -0.3 is 10.1 Å². The van der Waals surface area contributed by atoms with Crippen molar-refractivity contribution in [3.05, 3.63) is 41.2 Å². The molecule has 3 atom stereocenters. The van der Waals surface area contributed by atoms with E-state index in [4.69, 9.17) is 4.74 Å². The summed E-state index contributed by atoms with van der Waals surface area (Å²) in [6.45, 7) is 1.06. The second-order valence-electron chi connectivity index (χ2n) is 8.94. The van der Waals surface area contributed by atoms with E-state index in [1.165, 1.54) is 25.7 Å². The minimum Gasteiger partial charge on any atom is -0.454 e. The van der Waals surface area contributed by atoms with Crippen molar-refractivity contribution in [2.24, 2.45) is 17.8 Å². The zero-order valence-electron chi connectivity index (χ0n) is 17.8. The predicted molar refractivity (Wildman–Crippen MR) is 112 cm³/mol. The summed E-state index contributed by atoms with van der Waals surface area (Å²) in [5.41, 5.74) is 2.19. The number of hydrogen-bond donors (Lipinski definition) is 1. The fraction of sp³-hybridized carbons (Fsp3) is 0.609. The Hall–Kier alpha value is -2.38. The van der Waals surface area contributed by atoms with E-state index < -0.39 is 12.8 Å². The van der Waals surface area contributed by atoms with Crippen LogP contribution in [0.15, 0.2) is 24.3 Å². The normalized spacial score (nSPS) is 23.4. The van der Waals surface area contributed by atoms with Crippen LogP contribution in [0, 0.1) is 24.7 Å². The fourth-order valence-corrected chi connectivity index (χ4v) is 4.91. The van der Waals surface area contributed by atoms with Crippen LogP contribution in [0.5, 0.6) is 6.01 Å². The number of nitrogens with zero attached hydrogens (tertiary/aromatic N) is 3. The molecule has 2 aliphatic carbocycles. The van der Waals surface area contributed by atoms with Crippen molar-refractivity contribution >= 4 is 5.95 Å². The number of alkyl halides is 3. The molecule has 168 valence electrons. The molecule has 4 rings (SSSR count). The lowest BCUT2D eigenvalue weighted by Gasteiger charge is -2.31. The van der Waals surface area contributed by atoms with Crippen molar-refractivity contribution in [2.75, 3.05) is 11.9 Å². The molecule has 0 radical (unpaired) electrons. The number of ether oxygens (including phenoxy) is 1. The molecule has 0 aliphatic heterocycles. The van der Waals surface area contributed by atoms with Gasteiger partial charge in [0.15, 0.2) is 6.61 Å². The molecule has 1 aromatic carbocycles. The molecule has 2 aromatic rings. The van der Waals surface area contributed by atoms with Crippen LogP contribution >= 0.6 is 0 Å². The van der Waals surface area contributed by atoms with E-state index in [9.17, 15) is 13.2 Å². The van der Waals surface area contributed by atoms with E-state index in [1.54, 1.807) is 0 Å². The Morgan fingerprint density at radius 1 is 1.00 bits per heavy atom. The van der Waals surface area contributed by atoms with Crippen molar-refractivity contribution in [3.63, 3.8) is 0 Å². The maximum Gasteiger partial charge on any atom is 0.422 e. The topological polar surface area (TPSA) is 59.9 Å². The van der Waals surface area contributed by atoms with E-state index in [0.717, 1.165) is 35.8 Å². The molecular weight excluding hydrogens is 405 g/mol. The maximum absolute atomic E-state index is 12.6. The minimum absolute atomic E-state index is 0.248. The lowest BCUT2D eigenvalue weighted by Crippen LogP contribution is -2.24. The molecule has 0 spiro atoms. The molecule has 5 nitrogen and oxygen atoms in total. The van der Waals surface area contributed by atoms with Crippen molar-refractivity contribution < 1.29 is 17.9 Å². The molecule has 0 amide bonds. The van der Waals surface area contributed by atoms with Crippen molar-refractivity contribution in [1.29, 1.82) is 0 Å². The molecule has 8 heteroatoms. The standard InChI is InChI=1S/C23H29F3N4O/c1-15-5-7-16(8-6-15)13-27-21-28-20(29-22(30-21)31-14-23(24,25)26)12-17-9-10-18-3-2-4-19(18)11-17/h5-8,17-19H,2-4,9-14H2,1H3,(H,27,28,29,30). The molecule has 1 aromatic heterocycles. The van der Waals surface area contributed by atoms with Gasteiger partial charge in [0.1, 0.15) is 5.82 Å². The molecule has 1 heterocycles. The van der Waals surface area contributed by atoms with Crippen LogP contribution in [0.1, 0.15) is 55.5 Å². The number of hydrogen-bond acceptors (Lipinski definition) is 5. The van der Waals surface area contributed by atoms with Crippen LogP contribution in [0.25, 0.3) is 0 Å². The Kier molecular flexibility index (Phi) is 6.62. The summed E-state index contributed by atoms with van der Waals surface area (Å²) in [6.07, 6.45) is 3.66. The molecule has 3 unspecified atom stereocenters. The van der Waals surface area contributed by atoms with E-state index in [2.05, 4.69) is 20.3 Å². The zero-order chi connectivity index (χ0) is 21.8. The molecule has 0 bridgehead atoms. The van der Waals surface area contributed by atoms with Crippen LogP contribution in [0.2, 0.25) is 0 Å². The number of anilines is 1. The highest BCUT2D eigenvalue weighted by Gasteiger charge is 2.34. The minimum atomic E-state index is -4.44. The van der Waals surface area contributed by atoms with Gasteiger partial charge in [-0.2, -0.15) is 28.1 Å². The van der Waals surface area contributed by atoms with Crippen molar-refractivity contribution in [1.82, 2.24) is 15.0 Å². The number of benzene rings is 1. The first kappa shape index (κ1) is 21.8. The summed E-state index contributed by atoms with van der Waals surface area (Å²) in [7, 11) is 0. The first-order valence-corrected chi connectivity index (χ1v) is 11.1. The molecule has 2 fully saturated rings. The van der Waals surface area contributed by atoms with E-state index in [1.807, 2.05) is 31.2 Å². The molecular formula is C23H29F3N4O. The zero-order valence-corrected chi connectivity index (χ0v) is 17.8. The van der Waals surface area contributed by atoms with Gasteiger partial charge >= 0.3 is 12.2 Å². The third-order valence-corrected chi connectivity index (χ3v) is 6.47. The molecule has 0 saturated heterocycles. The average Bonchev–Trinajstić information content (AvgIpc) is 3.19. The summed E-state index contributed by atoms with van der Waals surface area (Å²) in [6, 6.07) is 7.72. The number of aryl methyl sites for hydroxylation is 1. The number of halogens is 3. The maximum atomic E-state index is 12.6. The average molecular weight is 435 g/mol. The van der Waals surface area contributed by atoms with Gasteiger partial charge in [-0.25, -0.2) is 0 Å². The van der Waals surface area contributed by atoms with Gasteiger partial charge in [-0.15, -0.1) is 0 Å². The molecule has 2 aliphatic rings. The Labute approximate surface area is 180 Å². The third-order valence-electron chi connectivity index (χ3n) is 6.47. The Morgan fingerprint density at radius 3 is 2.55 bits per heavy atom. The third kappa shape index (κ3) is 6.31.